The predicted octanol–water partition coefficient (Wildman–Crippen LogP) is 2.99. The van der Waals surface area contributed by atoms with Crippen molar-refractivity contribution in [2.75, 3.05) is 38.2 Å². The van der Waals surface area contributed by atoms with E-state index in [9.17, 15) is 9.59 Å². The lowest BCUT2D eigenvalue weighted by Crippen LogP contribution is -2.42. The first kappa shape index (κ1) is 25.8. The number of carbonyl (C=O) groups excluding carboxylic acids is 2. The van der Waals surface area contributed by atoms with Crippen LogP contribution in [0.3, 0.4) is 0 Å². The maximum absolute atomic E-state index is 13.3. The minimum atomic E-state index is -0.144. The first-order chi connectivity index (χ1) is 18.5. The lowest BCUT2D eigenvalue weighted by atomic mass is 10.0. The summed E-state index contributed by atoms with van der Waals surface area (Å²) in [6.07, 6.45) is 3.65. The number of nitrogens with zero attached hydrogens (tertiary/aromatic N) is 4. The second kappa shape index (κ2) is 11.7. The van der Waals surface area contributed by atoms with Gasteiger partial charge in [-0.1, -0.05) is 42.5 Å². The molecule has 3 aromatic rings. The Hall–Kier alpha value is -3.82. The van der Waals surface area contributed by atoms with E-state index in [1.165, 1.54) is 0 Å². The third-order valence-corrected chi connectivity index (χ3v) is 7.08. The smallest absolute Gasteiger partial charge is 0.254 e. The van der Waals surface area contributed by atoms with Crippen LogP contribution in [-0.2, 0) is 22.6 Å². The van der Waals surface area contributed by atoms with Gasteiger partial charge in [0.05, 0.1) is 5.69 Å². The Bertz CT molecular complexity index is 1290. The fraction of sp³-hybridized carbons (Fsp3) is 0.379. The van der Waals surface area contributed by atoms with Gasteiger partial charge in [0.2, 0.25) is 11.9 Å². The van der Waals surface area contributed by atoms with E-state index in [2.05, 4.69) is 10.3 Å². The molecule has 0 bridgehead atoms. The first-order valence-corrected chi connectivity index (χ1v) is 13.1. The van der Waals surface area contributed by atoms with E-state index in [1.807, 2.05) is 61.7 Å². The highest BCUT2D eigenvalue weighted by Crippen LogP contribution is 2.30. The number of rotatable bonds is 9. The van der Waals surface area contributed by atoms with Crippen molar-refractivity contribution in [3.05, 3.63) is 77.0 Å². The number of nitrogens with two attached hydrogens (primary N) is 1. The van der Waals surface area contributed by atoms with Crippen molar-refractivity contribution < 1.29 is 14.3 Å². The second-order valence-corrected chi connectivity index (χ2v) is 9.88. The van der Waals surface area contributed by atoms with Gasteiger partial charge in [-0.3, -0.25) is 9.59 Å². The Morgan fingerprint density at radius 3 is 2.74 bits per heavy atom. The molecule has 198 valence electrons. The zero-order valence-electron chi connectivity index (χ0n) is 21.7. The molecule has 2 amide bonds. The number of hydrogen-bond donors (Lipinski definition) is 2. The van der Waals surface area contributed by atoms with Crippen molar-refractivity contribution >= 4 is 17.8 Å². The summed E-state index contributed by atoms with van der Waals surface area (Å²) < 4.78 is 5.44. The Morgan fingerprint density at radius 2 is 1.97 bits per heavy atom. The Balaban J connectivity index is 1.29. The molecule has 0 radical (unpaired) electrons. The highest BCUT2D eigenvalue weighted by molar-refractivity contribution is 6.01. The number of anilines is 1. The normalized spacial score (nSPS) is 15.4. The minimum absolute atomic E-state index is 0.0153. The first-order valence-electron chi connectivity index (χ1n) is 13.1. The highest BCUT2D eigenvalue weighted by atomic mass is 16.5. The van der Waals surface area contributed by atoms with Crippen LogP contribution >= 0.6 is 0 Å². The van der Waals surface area contributed by atoms with Crippen LogP contribution in [0.15, 0.2) is 54.7 Å². The second-order valence-electron chi connectivity index (χ2n) is 9.88. The topological polar surface area (TPSA) is 114 Å². The summed E-state index contributed by atoms with van der Waals surface area (Å²) in [5.41, 5.74) is 10.9. The molecule has 38 heavy (non-hydrogen) atoms. The number of aryl methyl sites for hydroxylation is 1. The molecule has 5 rings (SSSR count). The van der Waals surface area contributed by atoms with Gasteiger partial charge in [0.15, 0.2) is 0 Å². The van der Waals surface area contributed by atoms with Gasteiger partial charge in [0.25, 0.3) is 5.91 Å². The molecule has 9 heteroatoms. The fourth-order valence-electron chi connectivity index (χ4n) is 4.98. The molecule has 3 heterocycles. The quantitative estimate of drug-likeness (QED) is 0.451. The van der Waals surface area contributed by atoms with Crippen LogP contribution in [0, 0.1) is 6.92 Å². The van der Waals surface area contributed by atoms with Crippen LogP contribution in [0.4, 0.5) is 5.95 Å². The van der Waals surface area contributed by atoms with Crippen LogP contribution in [0.1, 0.15) is 39.9 Å². The fourth-order valence-corrected chi connectivity index (χ4v) is 4.98. The van der Waals surface area contributed by atoms with E-state index in [-0.39, 0.29) is 24.4 Å². The average Bonchev–Trinajstić information content (AvgIpc) is 3.25. The van der Waals surface area contributed by atoms with E-state index >= 15 is 0 Å². The summed E-state index contributed by atoms with van der Waals surface area (Å²) in [6, 6.07) is 15.9. The van der Waals surface area contributed by atoms with Crippen molar-refractivity contribution in [3.8, 4) is 11.3 Å². The standard InChI is InChI=1S/C29H34N6O3/c1-20-16-31-29(32-24-9-13-38-14-10-24)33-27(20)22-7-8-23-18-35(28(37)25(23)15-22)19-26(36)34(12-11-30)17-21-5-3-2-4-6-21/h2-8,15-16,24H,9-14,17-19,30H2,1H3,(H,31,32,33). The molecule has 0 aliphatic carbocycles. The molecule has 1 saturated heterocycles. The number of carbonyl (C=O) groups is 2. The summed E-state index contributed by atoms with van der Waals surface area (Å²) >= 11 is 0. The van der Waals surface area contributed by atoms with Crippen molar-refractivity contribution in [3.63, 3.8) is 0 Å². The Labute approximate surface area is 223 Å². The van der Waals surface area contributed by atoms with Crippen LogP contribution < -0.4 is 11.1 Å². The largest absolute Gasteiger partial charge is 0.381 e. The average molecular weight is 515 g/mol. The number of benzene rings is 2. The monoisotopic (exact) mass is 514 g/mol. The van der Waals surface area contributed by atoms with Gasteiger partial charge in [0, 0.05) is 62.8 Å². The number of ether oxygens (including phenoxy) is 1. The molecule has 3 N–H and O–H groups in total. The van der Waals surface area contributed by atoms with E-state index in [0.717, 1.165) is 54.0 Å². The van der Waals surface area contributed by atoms with E-state index in [4.69, 9.17) is 15.5 Å². The lowest BCUT2D eigenvalue weighted by Gasteiger charge is -2.25. The number of aromatic nitrogens is 2. The molecule has 2 aromatic carbocycles. The van der Waals surface area contributed by atoms with Crippen LogP contribution in [0.5, 0.6) is 0 Å². The van der Waals surface area contributed by atoms with E-state index in [1.54, 1.807) is 9.80 Å². The zero-order chi connectivity index (χ0) is 26.5. The summed E-state index contributed by atoms with van der Waals surface area (Å²) in [6.45, 7) is 5.11. The van der Waals surface area contributed by atoms with Crippen molar-refractivity contribution in [1.82, 2.24) is 19.8 Å². The van der Waals surface area contributed by atoms with Gasteiger partial charge >= 0.3 is 0 Å². The number of nitrogens with one attached hydrogen (secondary N) is 1. The minimum Gasteiger partial charge on any atom is -0.381 e. The van der Waals surface area contributed by atoms with Crippen LogP contribution in [0.2, 0.25) is 0 Å². The van der Waals surface area contributed by atoms with Crippen molar-refractivity contribution in [1.29, 1.82) is 0 Å². The number of hydrogen-bond acceptors (Lipinski definition) is 7. The van der Waals surface area contributed by atoms with Gasteiger partial charge in [-0.05, 0) is 42.5 Å². The van der Waals surface area contributed by atoms with Gasteiger partial charge in [-0.25, -0.2) is 9.97 Å². The van der Waals surface area contributed by atoms with Gasteiger partial charge < -0.3 is 25.6 Å². The molecule has 2 aliphatic heterocycles. The maximum Gasteiger partial charge on any atom is 0.254 e. The molecular formula is C29H34N6O3. The molecule has 0 atom stereocenters. The van der Waals surface area contributed by atoms with E-state index in [0.29, 0.717) is 37.7 Å². The van der Waals surface area contributed by atoms with Crippen molar-refractivity contribution in [2.24, 2.45) is 5.73 Å². The summed E-state index contributed by atoms with van der Waals surface area (Å²) in [4.78, 5) is 39.1. The Kier molecular flexibility index (Phi) is 7.95. The van der Waals surface area contributed by atoms with Crippen molar-refractivity contribution in [2.45, 2.75) is 38.9 Å². The summed E-state index contributed by atoms with van der Waals surface area (Å²) in [7, 11) is 0. The molecular weight excluding hydrogens is 480 g/mol. The predicted molar refractivity (Wildman–Crippen MR) is 145 cm³/mol. The SMILES string of the molecule is Cc1cnc(NC2CCOCC2)nc1-c1ccc2c(c1)C(=O)N(CC(=O)N(CCN)Cc1ccccc1)C2. The van der Waals surface area contributed by atoms with E-state index < -0.39 is 0 Å². The molecule has 2 aliphatic rings. The molecule has 0 saturated carbocycles. The molecule has 1 fully saturated rings. The molecule has 0 unspecified atom stereocenters. The Morgan fingerprint density at radius 1 is 1.18 bits per heavy atom. The summed E-state index contributed by atoms with van der Waals surface area (Å²) in [5.74, 6) is 0.320. The third-order valence-electron chi connectivity index (χ3n) is 7.08. The maximum atomic E-state index is 13.3. The molecule has 0 spiro atoms. The lowest BCUT2D eigenvalue weighted by molar-refractivity contribution is -0.132. The summed E-state index contributed by atoms with van der Waals surface area (Å²) in [5, 5.41) is 3.42. The highest BCUT2D eigenvalue weighted by Gasteiger charge is 2.30. The van der Waals surface area contributed by atoms with Crippen LogP contribution in [-0.4, -0.2) is 70.5 Å². The number of fused-ring (bicyclic) bond motifs is 1. The van der Waals surface area contributed by atoms with Crippen LogP contribution in [0.25, 0.3) is 11.3 Å². The molecule has 1 aromatic heterocycles. The van der Waals surface area contributed by atoms with Gasteiger partial charge in [-0.15, -0.1) is 0 Å². The zero-order valence-corrected chi connectivity index (χ0v) is 21.7. The molecule has 9 nitrogen and oxygen atoms in total. The van der Waals surface area contributed by atoms with Gasteiger partial charge in [-0.2, -0.15) is 0 Å². The van der Waals surface area contributed by atoms with Gasteiger partial charge in [0.1, 0.15) is 6.54 Å². The third kappa shape index (κ3) is 5.84. The number of amides is 2.